The van der Waals surface area contributed by atoms with Gasteiger partial charge in [-0.15, -0.1) is 0 Å². The molecule has 114 valence electrons. The van der Waals surface area contributed by atoms with Crippen LogP contribution < -0.4 is 5.32 Å². The van der Waals surface area contributed by atoms with E-state index in [2.05, 4.69) is 11.4 Å². The highest BCUT2D eigenvalue weighted by Gasteiger charge is 2.26. The first-order valence-corrected chi connectivity index (χ1v) is 7.54. The van der Waals surface area contributed by atoms with E-state index in [1.54, 1.807) is 0 Å². The molecule has 0 heterocycles. The molecule has 1 aromatic carbocycles. The van der Waals surface area contributed by atoms with E-state index in [0.717, 1.165) is 24.8 Å². The van der Waals surface area contributed by atoms with Crippen molar-refractivity contribution in [2.24, 2.45) is 5.92 Å². The molecule has 0 unspecified atom stereocenters. The van der Waals surface area contributed by atoms with Gasteiger partial charge in [-0.2, -0.15) is 0 Å². The van der Waals surface area contributed by atoms with Gasteiger partial charge in [0.25, 0.3) is 5.91 Å². The van der Waals surface area contributed by atoms with Crippen molar-refractivity contribution in [3.05, 3.63) is 34.9 Å². The van der Waals surface area contributed by atoms with Gasteiger partial charge in [0.15, 0.2) is 0 Å². The van der Waals surface area contributed by atoms with E-state index in [4.69, 9.17) is 4.74 Å². The van der Waals surface area contributed by atoms with Crippen LogP contribution in [0.5, 0.6) is 0 Å². The van der Waals surface area contributed by atoms with Crippen molar-refractivity contribution in [3.63, 3.8) is 0 Å². The summed E-state index contributed by atoms with van der Waals surface area (Å²) in [5.41, 5.74) is 3.09. The van der Waals surface area contributed by atoms with Crippen LogP contribution in [0.3, 0.4) is 0 Å². The number of ether oxygens (including phenoxy) is 1. The fraction of sp³-hybridized carbons (Fsp3) is 0.529. The zero-order valence-corrected chi connectivity index (χ0v) is 12.9. The Balaban J connectivity index is 2.22. The van der Waals surface area contributed by atoms with Crippen LogP contribution in [-0.4, -0.2) is 25.0 Å². The summed E-state index contributed by atoms with van der Waals surface area (Å²) in [6.45, 7) is 3.78. The van der Waals surface area contributed by atoms with E-state index in [9.17, 15) is 9.59 Å². The number of hydrogen-bond donors (Lipinski definition) is 1. The SMILES string of the molecule is COC(=O)[C@@H](NC(=O)c1cccc2c1CCCC2)C(C)C. The van der Waals surface area contributed by atoms with Crippen molar-refractivity contribution < 1.29 is 14.3 Å². The molecule has 0 saturated heterocycles. The molecular weight excluding hydrogens is 266 g/mol. The number of aryl methyl sites for hydroxylation is 1. The summed E-state index contributed by atoms with van der Waals surface area (Å²) in [4.78, 5) is 24.3. The lowest BCUT2D eigenvalue weighted by Gasteiger charge is -2.22. The van der Waals surface area contributed by atoms with Gasteiger partial charge in [-0.1, -0.05) is 26.0 Å². The smallest absolute Gasteiger partial charge is 0.328 e. The minimum Gasteiger partial charge on any atom is -0.467 e. The second-order valence-corrected chi connectivity index (χ2v) is 5.87. The summed E-state index contributed by atoms with van der Waals surface area (Å²) in [6.07, 6.45) is 4.25. The molecule has 0 fully saturated rings. The lowest BCUT2D eigenvalue weighted by molar-refractivity contribution is -0.144. The predicted molar refractivity (Wildman–Crippen MR) is 81.2 cm³/mol. The third kappa shape index (κ3) is 3.43. The minimum absolute atomic E-state index is 0.0130. The average molecular weight is 289 g/mol. The van der Waals surface area contributed by atoms with Crippen LogP contribution in [0.15, 0.2) is 18.2 Å². The number of rotatable bonds is 4. The molecule has 1 atom stereocenters. The minimum atomic E-state index is -0.609. The summed E-state index contributed by atoms with van der Waals surface area (Å²) in [7, 11) is 1.34. The van der Waals surface area contributed by atoms with Gasteiger partial charge in [-0.05, 0) is 48.8 Å². The monoisotopic (exact) mass is 289 g/mol. The van der Waals surface area contributed by atoms with Gasteiger partial charge in [-0.25, -0.2) is 4.79 Å². The first kappa shape index (κ1) is 15.5. The van der Waals surface area contributed by atoms with E-state index < -0.39 is 12.0 Å². The van der Waals surface area contributed by atoms with Crippen LogP contribution in [0.2, 0.25) is 0 Å². The van der Waals surface area contributed by atoms with Crippen molar-refractivity contribution in [3.8, 4) is 0 Å². The molecule has 0 bridgehead atoms. The molecule has 0 saturated carbocycles. The maximum atomic E-state index is 12.5. The highest BCUT2D eigenvalue weighted by atomic mass is 16.5. The zero-order valence-electron chi connectivity index (χ0n) is 12.9. The molecule has 4 heteroatoms. The molecule has 1 amide bonds. The summed E-state index contributed by atoms with van der Waals surface area (Å²) in [5, 5.41) is 2.82. The van der Waals surface area contributed by atoms with Gasteiger partial charge in [0.05, 0.1) is 7.11 Å². The summed E-state index contributed by atoms with van der Waals surface area (Å²) in [6, 6.07) is 5.24. The highest BCUT2D eigenvalue weighted by Crippen LogP contribution is 2.24. The third-order valence-electron chi connectivity index (χ3n) is 4.05. The van der Waals surface area contributed by atoms with Crippen LogP contribution in [0.1, 0.15) is 48.2 Å². The van der Waals surface area contributed by atoms with Gasteiger partial charge in [0.2, 0.25) is 0 Å². The van der Waals surface area contributed by atoms with E-state index in [1.165, 1.54) is 19.1 Å². The normalized spacial score (nSPS) is 15.2. The molecule has 1 aliphatic carbocycles. The second-order valence-electron chi connectivity index (χ2n) is 5.87. The fourth-order valence-corrected chi connectivity index (χ4v) is 2.84. The van der Waals surface area contributed by atoms with Gasteiger partial charge in [0, 0.05) is 5.56 Å². The quantitative estimate of drug-likeness (QED) is 0.866. The average Bonchev–Trinajstić information content (AvgIpc) is 2.50. The summed E-state index contributed by atoms with van der Waals surface area (Å²) >= 11 is 0. The van der Waals surface area contributed by atoms with Crippen LogP contribution >= 0.6 is 0 Å². The molecule has 0 spiro atoms. The van der Waals surface area contributed by atoms with Crippen LogP contribution in [0, 0.1) is 5.92 Å². The standard InChI is InChI=1S/C17H23NO3/c1-11(2)15(17(20)21-3)18-16(19)14-10-6-8-12-7-4-5-9-13(12)14/h6,8,10-11,15H,4-5,7,9H2,1-3H3,(H,18,19)/t15-/m0/s1. The predicted octanol–water partition coefficient (Wildman–Crippen LogP) is 2.49. The maximum Gasteiger partial charge on any atom is 0.328 e. The molecule has 0 radical (unpaired) electrons. The molecule has 0 aromatic heterocycles. The van der Waals surface area contributed by atoms with Crippen LogP contribution in [0.4, 0.5) is 0 Å². The molecular formula is C17H23NO3. The highest BCUT2D eigenvalue weighted by molar-refractivity contribution is 5.98. The third-order valence-corrected chi connectivity index (χ3v) is 4.05. The van der Waals surface area contributed by atoms with Crippen molar-refractivity contribution in [1.29, 1.82) is 0 Å². The zero-order chi connectivity index (χ0) is 15.4. The Kier molecular flexibility index (Phi) is 4.99. The first-order chi connectivity index (χ1) is 10.0. The Morgan fingerprint density at radius 1 is 1.19 bits per heavy atom. The van der Waals surface area contributed by atoms with Crippen molar-refractivity contribution in [2.75, 3.05) is 7.11 Å². The topological polar surface area (TPSA) is 55.4 Å². The van der Waals surface area contributed by atoms with Gasteiger partial charge < -0.3 is 10.1 Å². The molecule has 21 heavy (non-hydrogen) atoms. The summed E-state index contributed by atoms with van der Waals surface area (Å²) in [5.74, 6) is -0.595. The molecule has 1 N–H and O–H groups in total. The Labute approximate surface area is 125 Å². The number of amides is 1. The van der Waals surface area contributed by atoms with E-state index >= 15 is 0 Å². The van der Waals surface area contributed by atoms with E-state index in [-0.39, 0.29) is 11.8 Å². The number of methoxy groups -OCH3 is 1. The number of carbonyl (C=O) groups excluding carboxylic acids is 2. The number of nitrogens with one attached hydrogen (secondary N) is 1. The van der Waals surface area contributed by atoms with Crippen molar-refractivity contribution in [2.45, 2.75) is 45.6 Å². The number of fused-ring (bicyclic) bond motifs is 1. The van der Waals surface area contributed by atoms with Gasteiger partial charge in [0.1, 0.15) is 6.04 Å². The van der Waals surface area contributed by atoms with Crippen molar-refractivity contribution in [1.82, 2.24) is 5.32 Å². The maximum absolute atomic E-state index is 12.5. The van der Waals surface area contributed by atoms with E-state index in [0.29, 0.717) is 5.56 Å². The molecule has 4 nitrogen and oxygen atoms in total. The Bertz CT molecular complexity index is 537. The fourth-order valence-electron chi connectivity index (χ4n) is 2.84. The Morgan fingerprint density at radius 2 is 1.90 bits per heavy atom. The molecule has 2 rings (SSSR count). The summed E-state index contributed by atoms with van der Waals surface area (Å²) < 4.78 is 4.77. The lowest BCUT2D eigenvalue weighted by atomic mass is 9.88. The second kappa shape index (κ2) is 6.74. The number of carbonyl (C=O) groups is 2. The largest absolute Gasteiger partial charge is 0.467 e. The van der Waals surface area contributed by atoms with E-state index in [1.807, 2.05) is 26.0 Å². The lowest BCUT2D eigenvalue weighted by Crippen LogP contribution is -2.45. The molecule has 1 aliphatic rings. The van der Waals surface area contributed by atoms with Gasteiger partial charge in [-0.3, -0.25) is 4.79 Å². The molecule has 1 aromatic rings. The molecule has 0 aliphatic heterocycles. The number of hydrogen-bond acceptors (Lipinski definition) is 3. The Hall–Kier alpha value is -1.84. The van der Waals surface area contributed by atoms with Crippen molar-refractivity contribution >= 4 is 11.9 Å². The Morgan fingerprint density at radius 3 is 2.57 bits per heavy atom. The van der Waals surface area contributed by atoms with Crippen LogP contribution in [-0.2, 0) is 22.4 Å². The number of esters is 1. The number of benzene rings is 1. The van der Waals surface area contributed by atoms with Gasteiger partial charge >= 0.3 is 5.97 Å². The van der Waals surface area contributed by atoms with Crippen LogP contribution in [0.25, 0.3) is 0 Å². The first-order valence-electron chi connectivity index (χ1n) is 7.54.